The number of fused-ring (bicyclic) bond motifs is 8. The van der Waals surface area contributed by atoms with Gasteiger partial charge in [-0.05, 0) is 89.6 Å². The molecule has 12 rings (SSSR count). The molecule has 0 atom stereocenters. The molecule has 59 heavy (non-hydrogen) atoms. The van der Waals surface area contributed by atoms with E-state index in [9.17, 15) is 0 Å². The molecule has 0 bridgehead atoms. The summed E-state index contributed by atoms with van der Waals surface area (Å²) in [4.78, 5) is 10.5. The van der Waals surface area contributed by atoms with Crippen LogP contribution in [-0.4, -0.2) is 9.97 Å². The summed E-state index contributed by atoms with van der Waals surface area (Å²) in [7, 11) is 0. The van der Waals surface area contributed by atoms with Gasteiger partial charge in [0.1, 0.15) is 11.2 Å². The fraction of sp³-hybridized carbons (Fsp3) is 0. The SMILES string of the molecule is c1ccc(-c2nc(-c3ccc(-c4ccc(-c5c6ccccc6cc6c5ccc5ccccc56)cc4)c4ccccc34)cc(-c3cccc4oc5ccccc5c34)n2)cc1. The lowest BCUT2D eigenvalue weighted by atomic mass is 9.88. The first kappa shape index (κ1) is 33.3. The minimum Gasteiger partial charge on any atom is -0.456 e. The van der Waals surface area contributed by atoms with E-state index in [1.807, 2.05) is 42.5 Å². The maximum absolute atomic E-state index is 6.30. The van der Waals surface area contributed by atoms with Gasteiger partial charge in [-0.2, -0.15) is 0 Å². The summed E-state index contributed by atoms with van der Waals surface area (Å²) in [5.41, 5.74) is 11.3. The van der Waals surface area contributed by atoms with Crippen LogP contribution in [-0.2, 0) is 0 Å². The van der Waals surface area contributed by atoms with Crippen molar-refractivity contribution >= 4 is 65.0 Å². The van der Waals surface area contributed by atoms with E-state index in [1.165, 1.54) is 60.0 Å². The van der Waals surface area contributed by atoms with E-state index >= 15 is 0 Å². The summed E-state index contributed by atoms with van der Waals surface area (Å²) in [5.74, 6) is 0.681. The Morgan fingerprint density at radius 3 is 1.73 bits per heavy atom. The molecule has 0 radical (unpaired) electrons. The highest BCUT2D eigenvalue weighted by Crippen LogP contribution is 2.42. The van der Waals surface area contributed by atoms with E-state index in [1.54, 1.807) is 0 Å². The molecule has 0 saturated carbocycles. The summed E-state index contributed by atoms with van der Waals surface area (Å²) in [6.45, 7) is 0. The number of nitrogens with zero attached hydrogens (tertiary/aromatic N) is 2. The average Bonchev–Trinajstić information content (AvgIpc) is 3.70. The van der Waals surface area contributed by atoms with Gasteiger partial charge in [-0.1, -0.05) is 182 Å². The van der Waals surface area contributed by atoms with Crippen LogP contribution >= 0.6 is 0 Å². The number of benzene rings is 10. The smallest absolute Gasteiger partial charge is 0.160 e. The Hall–Kier alpha value is -7.88. The number of rotatable bonds is 5. The third kappa shape index (κ3) is 5.44. The molecule has 0 aliphatic carbocycles. The largest absolute Gasteiger partial charge is 0.456 e. The molecule has 2 aromatic heterocycles. The van der Waals surface area contributed by atoms with Gasteiger partial charge in [-0.25, -0.2) is 9.97 Å². The second-order valence-electron chi connectivity index (χ2n) is 15.2. The molecule has 3 nitrogen and oxygen atoms in total. The lowest BCUT2D eigenvalue weighted by Gasteiger charge is -2.16. The van der Waals surface area contributed by atoms with E-state index in [-0.39, 0.29) is 0 Å². The van der Waals surface area contributed by atoms with E-state index in [2.05, 4.69) is 164 Å². The van der Waals surface area contributed by atoms with Crippen molar-refractivity contribution in [1.82, 2.24) is 9.97 Å². The predicted molar refractivity (Wildman–Crippen MR) is 247 cm³/mol. The highest BCUT2D eigenvalue weighted by Gasteiger charge is 2.19. The molecule has 0 unspecified atom stereocenters. The van der Waals surface area contributed by atoms with Crippen LogP contribution in [0.5, 0.6) is 0 Å². The maximum Gasteiger partial charge on any atom is 0.160 e. The molecule has 0 fully saturated rings. The molecule has 0 aliphatic rings. The summed E-state index contributed by atoms with van der Waals surface area (Å²) in [6.07, 6.45) is 0. The van der Waals surface area contributed by atoms with Gasteiger partial charge in [0, 0.05) is 27.5 Å². The minimum absolute atomic E-state index is 0.681. The van der Waals surface area contributed by atoms with Gasteiger partial charge in [-0.15, -0.1) is 0 Å². The minimum atomic E-state index is 0.681. The number of hydrogen-bond donors (Lipinski definition) is 0. The van der Waals surface area contributed by atoms with E-state index < -0.39 is 0 Å². The molecule has 274 valence electrons. The van der Waals surface area contributed by atoms with Gasteiger partial charge in [0.2, 0.25) is 0 Å². The van der Waals surface area contributed by atoms with Gasteiger partial charge in [0.15, 0.2) is 5.82 Å². The molecule has 12 aromatic rings. The molecule has 0 amide bonds. The van der Waals surface area contributed by atoms with Crippen LogP contribution in [0, 0.1) is 0 Å². The Morgan fingerprint density at radius 2 is 0.915 bits per heavy atom. The van der Waals surface area contributed by atoms with Crippen LogP contribution in [0.3, 0.4) is 0 Å². The number of hydrogen-bond acceptors (Lipinski definition) is 3. The van der Waals surface area contributed by atoms with Gasteiger partial charge in [-0.3, -0.25) is 0 Å². The quantitative estimate of drug-likeness (QED) is 0.130. The lowest BCUT2D eigenvalue weighted by Crippen LogP contribution is -1.97. The van der Waals surface area contributed by atoms with Gasteiger partial charge < -0.3 is 4.42 Å². The van der Waals surface area contributed by atoms with Crippen molar-refractivity contribution in [1.29, 1.82) is 0 Å². The van der Waals surface area contributed by atoms with Crippen molar-refractivity contribution in [2.75, 3.05) is 0 Å². The van der Waals surface area contributed by atoms with Crippen LogP contribution in [0.1, 0.15) is 0 Å². The van der Waals surface area contributed by atoms with Crippen LogP contribution in [0.15, 0.2) is 211 Å². The van der Waals surface area contributed by atoms with Crippen molar-refractivity contribution in [2.45, 2.75) is 0 Å². The van der Waals surface area contributed by atoms with Crippen molar-refractivity contribution in [3.63, 3.8) is 0 Å². The summed E-state index contributed by atoms with van der Waals surface area (Å²) in [6, 6.07) is 73.4. The fourth-order valence-corrected chi connectivity index (χ4v) is 9.15. The molecular weight excluding hydrogens is 717 g/mol. The van der Waals surface area contributed by atoms with Gasteiger partial charge in [0.25, 0.3) is 0 Å². The topological polar surface area (TPSA) is 38.9 Å². The Balaban J connectivity index is 1.01. The Morgan fingerprint density at radius 1 is 0.305 bits per heavy atom. The standard InChI is InChI=1S/C56H34N2O/c1-2-14-38(15-3-1)56-57-50(34-51(58-56)47-22-12-24-53-55(47)48-21-10-11-23-52(48)59-53)45-32-31-41(43-19-8-9-20-44(43)45)36-25-27-37(28-26-36)54-42-18-7-5-16-39(42)33-49-40-17-6-4-13-35(40)29-30-46(49)54/h1-34H. The molecule has 3 heteroatoms. The van der Waals surface area contributed by atoms with Crippen LogP contribution in [0.4, 0.5) is 0 Å². The Labute approximate surface area is 340 Å². The molecule has 0 aliphatic heterocycles. The molecule has 2 heterocycles. The van der Waals surface area contributed by atoms with Crippen molar-refractivity contribution in [3.8, 4) is 56.2 Å². The third-order valence-corrected chi connectivity index (χ3v) is 11.9. The zero-order chi connectivity index (χ0) is 38.9. The van der Waals surface area contributed by atoms with E-state index in [4.69, 9.17) is 14.4 Å². The predicted octanol–water partition coefficient (Wildman–Crippen LogP) is 15.3. The number of para-hydroxylation sites is 1. The Bertz CT molecular complexity index is 3600. The molecular formula is C56H34N2O. The summed E-state index contributed by atoms with van der Waals surface area (Å²) in [5, 5.41) is 12.0. The lowest BCUT2D eigenvalue weighted by molar-refractivity contribution is 0.669. The normalized spacial score (nSPS) is 11.7. The van der Waals surface area contributed by atoms with Crippen LogP contribution in [0.2, 0.25) is 0 Å². The summed E-state index contributed by atoms with van der Waals surface area (Å²) >= 11 is 0. The number of furan rings is 1. The van der Waals surface area contributed by atoms with Crippen molar-refractivity contribution in [2.24, 2.45) is 0 Å². The second kappa shape index (κ2) is 13.4. The van der Waals surface area contributed by atoms with Gasteiger partial charge >= 0.3 is 0 Å². The van der Waals surface area contributed by atoms with E-state index in [0.717, 1.165) is 55.4 Å². The van der Waals surface area contributed by atoms with Crippen molar-refractivity contribution < 1.29 is 4.42 Å². The zero-order valence-electron chi connectivity index (χ0n) is 31.9. The van der Waals surface area contributed by atoms with E-state index in [0.29, 0.717) is 5.82 Å². The monoisotopic (exact) mass is 750 g/mol. The molecule has 0 spiro atoms. The molecule has 10 aromatic carbocycles. The maximum atomic E-state index is 6.30. The average molecular weight is 751 g/mol. The molecule has 0 N–H and O–H groups in total. The fourth-order valence-electron chi connectivity index (χ4n) is 9.15. The highest BCUT2D eigenvalue weighted by molar-refractivity contribution is 6.20. The molecule has 0 saturated heterocycles. The van der Waals surface area contributed by atoms with Crippen LogP contribution < -0.4 is 0 Å². The highest BCUT2D eigenvalue weighted by atomic mass is 16.3. The first-order valence-corrected chi connectivity index (χ1v) is 20.1. The number of aromatic nitrogens is 2. The van der Waals surface area contributed by atoms with Crippen LogP contribution in [0.25, 0.3) is 121 Å². The zero-order valence-corrected chi connectivity index (χ0v) is 31.9. The Kier molecular flexibility index (Phi) is 7.54. The second-order valence-corrected chi connectivity index (χ2v) is 15.2. The third-order valence-electron chi connectivity index (χ3n) is 11.9. The first-order valence-electron chi connectivity index (χ1n) is 20.1. The van der Waals surface area contributed by atoms with Gasteiger partial charge in [0.05, 0.1) is 11.4 Å². The van der Waals surface area contributed by atoms with Crippen molar-refractivity contribution in [3.05, 3.63) is 206 Å². The first-order chi connectivity index (χ1) is 29.2. The summed E-state index contributed by atoms with van der Waals surface area (Å²) < 4.78 is 6.30.